The highest BCUT2D eigenvalue weighted by Crippen LogP contribution is 2.31. The molecule has 0 aliphatic rings. The summed E-state index contributed by atoms with van der Waals surface area (Å²) in [5, 5.41) is 3.54. The first-order valence-electron chi connectivity index (χ1n) is 8.12. The smallest absolute Gasteiger partial charge is 0.0426 e. The summed E-state index contributed by atoms with van der Waals surface area (Å²) in [6, 6.07) is 7.05. The minimum atomic E-state index is 0.375. The van der Waals surface area contributed by atoms with Crippen LogP contribution in [-0.4, -0.2) is 19.6 Å². The van der Waals surface area contributed by atoms with Crippen molar-refractivity contribution in [3.63, 3.8) is 0 Å². The Bertz CT molecular complexity index is 419. The normalized spacial score (nSPS) is 13.0. The van der Waals surface area contributed by atoms with Crippen LogP contribution >= 0.6 is 15.9 Å². The summed E-state index contributed by atoms with van der Waals surface area (Å²) in [5.74, 6) is 1.31. The Labute approximate surface area is 139 Å². The number of nitrogens with one attached hydrogen (secondary N) is 1. The standard InChI is InChI=1S/C18H31BrN2/c1-7-20-15(6)17-9-8-16(19)10-18(17)21(11-13(2)3)12-14(4)5/h8-10,13-15,20H,7,11-12H2,1-6H3. The summed E-state index contributed by atoms with van der Waals surface area (Å²) in [4.78, 5) is 2.54. The fraction of sp³-hybridized carbons (Fsp3) is 0.667. The predicted molar refractivity (Wildman–Crippen MR) is 98.1 cm³/mol. The second-order valence-corrected chi connectivity index (χ2v) is 7.59. The molecule has 21 heavy (non-hydrogen) atoms. The van der Waals surface area contributed by atoms with E-state index in [1.165, 1.54) is 11.3 Å². The molecule has 0 saturated heterocycles. The van der Waals surface area contributed by atoms with Gasteiger partial charge >= 0.3 is 0 Å². The molecule has 0 aliphatic carbocycles. The van der Waals surface area contributed by atoms with Crippen molar-refractivity contribution in [2.24, 2.45) is 11.8 Å². The summed E-state index contributed by atoms with van der Waals surface area (Å²) >= 11 is 3.64. The highest BCUT2D eigenvalue weighted by atomic mass is 79.9. The van der Waals surface area contributed by atoms with Gasteiger partial charge in [0.2, 0.25) is 0 Å². The van der Waals surface area contributed by atoms with Crippen LogP contribution in [-0.2, 0) is 0 Å². The zero-order chi connectivity index (χ0) is 16.0. The van der Waals surface area contributed by atoms with Gasteiger partial charge in [-0.15, -0.1) is 0 Å². The second-order valence-electron chi connectivity index (χ2n) is 6.68. The van der Waals surface area contributed by atoms with Gasteiger partial charge in [-0.05, 0) is 43.0 Å². The van der Waals surface area contributed by atoms with Gasteiger partial charge in [-0.3, -0.25) is 0 Å². The molecule has 0 spiro atoms. The van der Waals surface area contributed by atoms with E-state index in [1.807, 2.05) is 0 Å². The van der Waals surface area contributed by atoms with Crippen molar-refractivity contribution in [3.05, 3.63) is 28.2 Å². The molecule has 1 aromatic rings. The second kappa shape index (κ2) is 8.79. The summed E-state index contributed by atoms with van der Waals surface area (Å²) in [6.45, 7) is 16.8. The van der Waals surface area contributed by atoms with Crippen molar-refractivity contribution in [3.8, 4) is 0 Å². The molecule has 0 fully saturated rings. The quantitative estimate of drug-likeness (QED) is 0.686. The van der Waals surface area contributed by atoms with E-state index >= 15 is 0 Å². The van der Waals surface area contributed by atoms with E-state index in [1.54, 1.807) is 0 Å². The van der Waals surface area contributed by atoms with E-state index < -0.39 is 0 Å². The van der Waals surface area contributed by atoms with Crippen LogP contribution in [0.15, 0.2) is 22.7 Å². The van der Waals surface area contributed by atoms with E-state index in [-0.39, 0.29) is 0 Å². The van der Waals surface area contributed by atoms with Crippen LogP contribution in [0.25, 0.3) is 0 Å². The van der Waals surface area contributed by atoms with Crippen LogP contribution in [0.5, 0.6) is 0 Å². The average molecular weight is 355 g/mol. The van der Waals surface area contributed by atoms with Crippen LogP contribution in [0, 0.1) is 11.8 Å². The summed E-state index contributed by atoms with van der Waals surface area (Å²) in [5.41, 5.74) is 2.75. The van der Waals surface area contributed by atoms with Crippen LogP contribution in [0.4, 0.5) is 5.69 Å². The maximum atomic E-state index is 3.64. The van der Waals surface area contributed by atoms with Crippen molar-refractivity contribution < 1.29 is 0 Å². The van der Waals surface area contributed by atoms with Crippen molar-refractivity contribution in [2.75, 3.05) is 24.5 Å². The highest BCUT2D eigenvalue weighted by Gasteiger charge is 2.17. The molecule has 120 valence electrons. The average Bonchev–Trinajstić information content (AvgIpc) is 2.36. The predicted octanol–water partition coefficient (Wildman–Crippen LogP) is 5.24. The first-order chi connectivity index (χ1) is 9.85. The first kappa shape index (κ1) is 18.5. The fourth-order valence-electron chi connectivity index (χ4n) is 2.73. The van der Waals surface area contributed by atoms with Gasteiger partial charge < -0.3 is 10.2 Å². The van der Waals surface area contributed by atoms with Crippen molar-refractivity contribution >= 4 is 21.6 Å². The first-order valence-corrected chi connectivity index (χ1v) is 8.92. The van der Waals surface area contributed by atoms with Crippen LogP contribution in [0.2, 0.25) is 0 Å². The van der Waals surface area contributed by atoms with Crippen LogP contribution in [0.3, 0.4) is 0 Å². The van der Waals surface area contributed by atoms with E-state index in [0.29, 0.717) is 17.9 Å². The molecule has 2 nitrogen and oxygen atoms in total. The lowest BCUT2D eigenvalue weighted by Gasteiger charge is -2.32. The number of hydrogen-bond donors (Lipinski definition) is 1. The Kier molecular flexibility index (Phi) is 7.75. The fourth-order valence-corrected chi connectivity index (χ4v) is 3.07. The summed E-state index contributed by atoms with van der Waals surface area (Å²) in [6.07, 6.45) is 0. The van der Waals surface area contributed by atoms with E-state index in [2.05, 4.69) is 85.9 Å². The molecule has 1 rings (SSSR count). The summed E-state index contributed by atoms with van der Waals surface area (Å²) in [7, 11) is 0. The number of halogens is 1. The zero-order valence-electron chi connectivity index (χ0n) is 14.4. The molecular weight excluding hydrogens is 324 g/mol. The van der Waals surface area contributed by atoms with Crippen LogP contribution in [0.1, 0.15) is 53.1 Å². The van der Waals surface area contributed by atoms with Gasteiger partial charge in [0.25, 0.3) is 0 Å². The molecule has 0 bridgehead atoms. The molecule has 3 heteroatoms. The minimum absolute atomic E-state index is 0.375. The SMILES string of the molecule is CCNC(C)c1ccc(Br)cc1N(CC(C)C)CC(C)C. The lowest BCUT2D eigenvalue weighted by atomic mass is 10.0. The van der Waals surface area contributed by atoms with E-state index in [0.717, 1.165) is 24.1 Å². The van der Waals surface area contributed by atoms with Gasteiger partial charge in [-0.1, -0.05) is 56.6 Å². The lowest BCUT2D eigenvalue weighted by molar-refractivity contribution is 0.544. The Morgan fingerprint density at radius 2 is 1.62 bits per heavy atom. The van der Waals surface area contributed by atoms with Gasteiger partial charge in [0.15, 0.2) is 0 Å². The Balaban J connectivity index is 3.17. The van der Waals surface area contributed by atoms with E-state index in [4.69, 9.17) is 0 Å². The van der Waals surface area contributed by atoms with E-state index in [9.17, 15) is 0 Å². The Morgan fingerprint density at radius 1 is 1.05 bits per heavy atom. The van der Waals surface area contributed by atoms with Gasteiger partial charge in [0, 0.05) is 29.3 Å². The zero-order valence-corrected chi connectivity index (χ0v) is 16.0. The van der Waals surface area contributed by atoms with Crippen LogP contribution < -0.4 is 10.2 Å². The molecule has 0 aromatic heterocycles. The monoisotopic (exact) mass is 354 g/mol. The number of benzene rings is 1. The summed E-state index contributed by atoms with van der Waals surface area (Å²) < 4.78 is 1.16. The molecule has 0 amide bonds. The lowest BCUT2D eigenvalue weighted by Crippen LogP contribution is -2.33. The molecule has 1 unspecified atom stereocenters. The maximum Gasteiger partial charge on any atom is 0.0426 e. The Hall–Kier alpha value is -0.540. The number of anilines is 1. The molecule has 1 aromatic carbocycles. The van der Waals surface area contributed by atoms with Gasteiger partial charge in [0.05, 0.1) is 0 Å². The molecule has 0 radical (unpaired) electrons. The third-order valence-corrected chi connectivity index (χ3v) is 3.97. The van der Waals surface area contributed by atoms with Gasteiger partial charge in [0.1, 0.15) is 0 Å². The third-order valence-electron chi connectivity index (χ3n) is 3.48. The van der Waals surface area contributed by atoms with Gasteiger partial charge in [-0.25, -0.2) is 0 Å². The highest BCUT2D eigenvalue weighted by molar-refractivity contribution is 9.10. The molecule has 1 atom stereocenters. The molecule has 0 saturated carbocycles. The minimum Gasteiger partial charge on any atom is -0.371 e. The maximum absolute atomic E-state index is 3.64. The molecule has 0 aliphatic heterocycles. The number of nitrogens with zero attached hydrogens (tertiary/aromatic N) is 1. The Morgan fingerprint density at radius 3 is 2.10 bits per heavy atom. The number of hydrogen-bond acceptors (Lipinski definition) is 2. The van der Waals surface area contributed by atoms with Crippen molar-refractivity contribution in [2.45, 2.75) is 47.6 Å². The molecule has 1 N–H and O–H groups in total. The molecule has 0 heterocycles. The van der Waals surface area contributed by atoms with Crippen molar-refractivity contribution in [1.29, 1.82) is 0 Å². The van der Waals surface area contributed by atoms with Crippen molar-refractivity contribution in [1.82, 2.24) is 5.32 Å². The molecular formula is C18H31BrN2. The number of rotatable bonds is 8. The topological polar surface area (TPSA) is 15.3 Å². The third kappa shape index (κ3) is 5.99. The largest absolute Gasteiger partial charge is 0.371 e. The van der Waals surface area contributed by atoms with Gasteiger partial charge in [-0.2, -0.15) is 0 Å².